The molecular weight excluding hydrogens is 376 g/mol. The molecule has 0 radical (unpaired) electrons. The maximum atomic E-state index is 2.81. The first-order valence-corrected chi connectivity index (χ1v) is 6.10. The first-order valence-electron chi connectivity index (χ1n) is 5.52. The molecule has 0 aliphatic rings. The van der Waals surface area contributed by atoms with Crippen LogP contribution < -0.4 is 5.30 Å². The molecule has 0 aromatic heterocycles. The van der Waals surface area contributed by atoms with Crippen LogP contribution in [0.25, 0.3) is 0 Å². The van der Waals surface area contributed by atoms with Crippen molar-refractivity contribution >= 4 is 39.4 Å². The molecule has 0 aliphatic carbocycles. The molecule has 18 heavy (non-hydrogen) atoms. The molecule has 0 N–H and O–H groups in total. The zero-order valence-corrected chi connectivity index (χ0v) is 16.3. The molecule has 1 rings (SSSR count). The van der Waals surface area contributed by atoms with Gasteiger partial charge in [-0.3, -0.25) is 0 Å². The van der Waals surface area contributed by atoms with Crippen molar-refractivity contribution in [3.63, 3.8) is 0 Å². The topological polar surface area (TPSA) is 0 Å². The van der Waals surface area contributed by atoms with Crippen LogP contribution in [-0.4, -0.2) is 0 Å². The first-order chi connectivity index (χ1) is 6.60. The normalized spacial score (nSPS) is 10.8. The minimum atomic E-state index is 0. The summed E-state index contributed by atoms with van der Waals surface area (Å²) in [6.07, 6.45) is 0. The Labute approximate surface area is 141 Å². The van der Waals surface area contributed by atoms with Crippen LogP contribution in [-0.2, 0) is 31.3 Å². The van der Waals surface area contributed by atoms with E-state index in [0.29, 0.717) is 0 Å². The van der Waals surface area contributed by atoms with Gasteiger partial charge in [-0.25, -0.2) is 0 Å². The third-order valence-corrected chi connectivity index (χ3v) is 3.02. The van der Waals surface area contributed by atoms with Gasteiger partial charge in [-0.2, -0.15) is 0 Å². The van der Waals surface area contributed by atoms with Crippen LogP contribution in [0.3, 0.4) is 0 Å². The Morgan fingerprint density at radius 2 is 1.00 bits per heavy atom. The third kappa shape index (κ3) is 6.89. The molecule has 0 amide bonds. The summed E-state index contributed by atoms with van der Waals surface area (Å²) in [7, 11) is 2.81. The Morgan fingerprint density at radius 1 is 0.722 bits per heavy atom. The van der Waals surface area contributed by atoms with Crippen LogP contribution in [0.5, 0.6) is 0 Å². The van der Waals surface area contributed by atoms with Crippen molar-refractivity contribution in [1.82, 2.24) is 0 Å². The van der Waals surface area contributed by atoms with E-state index in [0.717, 1.165) is 0 Å². The molecule has 4 heteroatoms. The smallest absolute Gasteiger partial charge is 0 e. The fraction of sp³-hybridized carbons (Fsp3) is 0.571. The Balaban J connectivity index is -0.000000750. The second kappa shape index (κ2) is 8.24. The van der Waals surface area contributed by atoms with Crippen LogP contribution in [0.15, 0.2) is 18.2 Å². The minimum absolute atomic E-state index is 0. The van der Waals surface area contributed by atoms with Gasteiger partial charge < -0.3 is 0 Å². The van der Waals surface area contributed by atoms with Crippen molar-refractivity contribution in [2.75, 3.05) is 0 Å². The molecule has 0 spiro atoms. The van der Waals surface area contributed by atoms with Crippen LogP contribution >= 0.6 is 34.1 Å². The summed E-state index contributed by atoms with van der Waals surface area (Å²) >= 11 is 0. The van der Waals surface area contributed by atoms with Crippen molar-refractivity contribution in [2.45, 2.75) is 52.4 Å². The quantitative estimate of drug-likeness (QED) is 0.439. The zero-order chi connectivity index (χ0) is 11.9. The van der Waals surface area contributed by atoms with Crippen LogP contribution in [0.1, 0.15) is 52.7 Å². The first kappa shape index (κ1) is 23.9. The summed E-state index contributed by atoms with van der Waals surface area (Å²) in [4.78, 5) is 0. The summed E-state index contributed by atoms with van der Waals surface area (Å²) in [5.74, 6) is 0. The minimum Gasteiger partial charge on any atom is -0.147 e. The second-order valence-electron chi connectivity index (χ2n) is 6.34. The molecular formula is C14H25Cl2PPd. The van der Waals surface area contributed by atoms with E-state index in [9.17, 15) is 0 Å². The molecule has 0 saturated heterocycles. The van der Waals surface area contributed by atoms with Gasteiger partial charge in [0.1, 0.15) is 0 Å². The number of rotatable bonds is 0. The zero-order valence-electron chi connectivity index (χ0n) is 11.9. The Bertz CT molecular complexity index is 333. The van der Waals surface area contributed by atoms with E-state index in [1.54, 1.807) is 0 Å². The van der Waals surface area contributed by atoms with E-state index in [1.165, 1.54) is 16.4 Å². The number of benzene rings is 1. The van der Waals surface area contributed by atoms with E-state index in [4.69, 9.17) is 0 Å². The molecule has 1 atom stereocenters. The standard InChI is InChI=1S/C14H23P.2ClH.Pd/c1-13(2,3)10-7-11(14(4,5)6)9-12(15)8-10;;;/h7-9H,15H2,1-6H3;2*1H;. The fourth-order valence-corrected chi connectivity index (χ4v) is 1.88. The van der Waals surface area contributed by atoms with Gasteiger partial charge in [0.15, 0.2) is 0 Å². The van der Waals surface area contributed by atoms with Gasteiger partial charge in [-0.1, -0.05) is 59.7 Å². The molecule has 0 heterocycles. The SMILES string of the molecule is CC(C)(C)c1cc(P)cc(C(C)(C)C)c1.Cl.Cl.[Pd]. The number of hydrogen-bond acceptors (Lipinski definition) is 0. The molecule has 0 saturated carbocycles. The summed E-state index contributed by atoms with van der Waals surface area (Å²) in [6, 6.07) is 6.87. The van der Waals surface area contributed by atoms with E-state index in [1.807, 2.05) is 0 Å². The van der Waals surface area contributed by atoms with Gasteiger partial charge in [-0.15, -0.1) is 34.1 Å². The number of hydrogen-bond donors (Lipinski definition) is 0. The molecule has 110 valence electrons. The van der Waals surface area contributed by atoms with Crippen LogP contribution in [0, 0.1) is 0 Å². The molecule has 1 aromatic rings. The van der Waals surface area contributed by atoms with Gasteiger partial charge in [0.2, 0.25) is 0 Å². The van der Waals surface area contributed by atoms with E-state index in [-0.39, 0.29) is 56.1 Å². The monoisotopic (exact) mass is 400 g/mol. The maximum Gasteiger partial charge on any atom is 0 e. The van der Waals surface area contributed by atoms with Crippen molar-refractivity contribution < 1.29 is 20.4 Å². The molecule has 1 aromatic carbocycles. The predicted molar refractivity (Wildman–Crippen MR) is 87.7 cm³/mol. The summed E-state index contributed by atoms with van der Waals surface area (Å²) in [6.45, 7) is 13.6. The van der Waals surface area contributed by atoms with Crippen LogP contribution in [0.4, 0.5) is 0 Å². The van der Waals surface area contributed by atoms with Crippen molar-refractivity contribution in [1.29, 1.82) is 0 Å². The Hall–Kier alpha value is 0.892. The van der Waals surface area contributed by atoms with Crippen molar-refractivity contribution in [3.8, 4) is 0 Å². The average Bonchev–Trinajstić information content (AvgIpc) is 1.99. The van der Waals surface area contributed by atoms with E-state index < -0.39 is 0 Å². The van der Waals surface area contributed by atoms with Gasteiger partial charge in [-0.05, 0) is 27.3 Å². The Kier molecular flexibility index (Phi) is 11.0. The second-order valence-corrected chi connectivity index (χ2v) is 7.01. The maximum absolute atomic E-state index is 2.81. The summed E-state index contributed by atoms with van der Waals surface area (Å²) in [5.41, 5.74) is 3.29. The van der Waals surface area contributed by atoms with Gasteiger partial charge in [0, 0.05) is 20.4 Å². The molecule has 0 aliphatic heterocycles. The summed E-state index contributed by atoms with van der Waals surface area (Å²) in [5, 5.41) is 1.28. The van der Waals surface area contributed by atoms with Gasteiger partial charge in [0.05, 0.1) is 0 Å². The molecule has 1 unspecified atom stereocenters. The van der Waals surface area contributed by atoms with E-state index in [2.05, 4.69) is 69.0 Å². The van der Waals surface area contributed by atoms with Crippen molar-refractivity contribution in [2.24, 2.45) is 0 Å². The largest absolute Gasteiger partial charge is 0.147 e. The molecule has 0 nitrogen and oxygen atoms in total. The Morgan fingerprint density at radius 3 is 1.22 bits per heavy atom. The van der Waals surface area contributed by atoms with Crippen molar-refractivity contribution in [3.05, 3.63) is 29.3 Å². The summed E-state index contributed by atoms with van der Waals surface area (Å²) < 4.78 is 0. The third-order valence-electron chi connectivity index (χ3n) is 2.69. The van der Waals surface area contributed by atoms with E-state index >= 15 is 0 Å². The molecule has 0 bridgehead atoms. The van der Waals surface area contributed by atoms with Gasteiger partial charge in [0.25, 0.3) is 0 Å². The van der Waals surface area contributed by atoms with Crippen LogP contribution in [0.2, 0.25) is 0 Å². The van der Waals surface area contributed by atoms with Gasteiger partial charge >= 0.3 is 0 Å². The predicted octanol–water partition coefficient (Wildman–Crippen LogP) is 4.62. The average molecular weight is 402 g/mol. The molecule has 0 fully saturated rings. The number of halogens is 2. The fourth-order valence-electron chi connectivity index (χ4n) is 1.52.